The normalized spacial score (nSPS) is 11.7. The van der Waals surface area contributed by atoms with Crippen LogP contribution in [0.5, 0.6) is 5.75 Å². The number of benzene rings is 1. The Balaban J connectivity index is 0.00000353. The van der Waals surface area contributed by atoms with E-state index in [-0.39, 0.29) is 29.8 Å². The van der Waals surface area contributed by atoms with Crippen molar-refractivity contribution < 1.29 is 22.7 Å². The average molecular weight is 550 g/mol. The number of aliphatic imine (C=N–C) groups is 1. The molecule has 0 aliphatic carbocycles. The molecule has 0 aliphatic rings. The lowest BCUT2D eigenvalue weighted by Crippen LogP contribution is -2.35. The number of rotatable bonds is 6. The smallest absolute Gasteiger partial charge is 0.406 e. The van der Waals surface area contributed by atoms with Gasteiger partial charge in [0.15, 0.2) is 0 Å². The van der Waals surface area contributed by atoms with Crippen molar-refractivity contribution in [2.24, 2.45) is 4.99 Å². The summed E-state index contributed by atoms with van der Waals surface area (Å²) >= 11 is 3.07. The molecule has 2 aromatic rings. The number of hydrogen-bond acceptors (Lipinski definition) is 6. The first-order valence-electron chi connectivity index (χ1n) is 9.97. The van der Waals surface area contributed by atoms with Gasteiger partial charge in [-0.1, -0.05) is 37.2 Å². The highest BCUT2D eigenvalue weighted by molar-refractivity contribution is 9.10. The molecular formula is C21H31BrF3N7O2. The minimum absolute atomic E-state index is 0. The fourth-order valence-corrected chi connectivity index (χ4v) is 2.99. The number of alkyl halides is 3. The molecule has 0 unspecified atom stereocenters. The van der Waals surface area contributed by atoms with Crippen LogP contribution in [0.25, 0.3) is 0 Å². The van der Waals surface area contributed by atoms with Gasteiger partial charge in [-0.15, -0.1) is 18.3 Å². The molecule has 0 spiro atoms. The Labute approximate surface area is 206 Å². The van der Waals surface area contributed by atoms with Crippen molar-refractivity contribution in [3.63, 3.8) is 0 Å². The second kappa shape index (κ2) is 13.7. The summed E-state index contributed by atoms with van der Waals surface area (Å²) in [5.41, 5.74) is -0.0146. The fraction of sp³-hybridized carbons (Fsp3) is 0.476. The number of ether oxygens (including phenoxy) is 1. The first kappa shape index (κ1) is 31.0. The second-order valence-corrected chi connectivity index (χ2v) is 7.56. The van der Waals surface area contributed by atoms with E-state index in [1.807, 2.05) is 13.8 Å². The van der Waals surface area contributed by atoms with Gasteiger partial charge in [-0.2, -0.15) is 9.67 Å². The summed E-state index contributed by atoms with van der Waals surface area (Å²) < 4.78 is 42.9. The summed E-state index contributed by atoms with van der Waals surface area (Å²) in [6, 6.07) is 3.01. The van der Waals surface area contributed by atoms with Crippen LogP contribution in [0.1, 0.15) is 51.3 Å². The number of carbonyl (C=O) groups excluding carboxylic acids is 1. The van der Waals surface area contributed by atoms with Gasteiger partial charge in [-0.25, -0.2) is 4.99 Å². The van der Waals surface area contributed by atoms with Crippen molar-refractivity contribution in [1.82, 2.24) is 20.1 Å². The molecule has 1 amide bonds. The van der Waals surface area contributed by atoms with Gasteiger partial charge < -0.3 is 15.0 Å². The third-order valence-electron chi connectivity index (χ3n) is 3.75. The molecule has 0 radical (unpaired) electrons. The number of nitrogens with one attached hydrogen (secondary N) is 2. The van der Waals surface area contributed by atoms with E-state index in [1.165, 1.54) is 17.0 Å². The van der Waals surface area contributed by atoms with Gasteiger partial charge in [0.2, 0.25) is 11.9 Å². The highest BCUT2D eigenvalue weighted by Crippen LogP contribution is 2.27. The van der Waals surface area contributed by atoms with Crippen LogP contribution in [0.4, 0.5) is 19.1 Å². The number of amides is 1. The van der Waals surface area contributed by atoms with E-state index < -0.39 is 24.1 Å². The van der Waals surface area contributed by atoms with Gasteiger partial charge in [0, 0.05) is 42.8 Å². The highest BCUT2D eigenvalue weighted by Gasteiger charge is 2.31. The molecule has 0 bridgehead atoms. The number of nitrogens with zero attached hydrogens (tertiary/aromatic N) is 5. The van der Waals surface area contributed by atoms with Gasteiger partial charge in [0.05, 0.1) is 0 Å². The molecule has 0 saturated heterocycles. The van der Waals surface area contributed by atoms with Crippen molar-refractivity contribution in [2.45, 2.75) is 53.9 Å². The summed E-state index contributed by atoms with van der Waals surface area (Å²) in [6.07, 6.45) is -3.22. The van der Waals surface area contributed by atoms with Crippen LogP contribution < -0.4 is 15.0 Å². The van der Waals surface area contributed by atoms with Crippen LogP contribution >= 0.6 is 15.9 Å². The Kier molecular flexibility index (Phi) is 12.5. The monoisotopic (exact) mass is 549 g/mol. The first-order valence-corrected chi connectivity index (χ1v) is 10.8. The van der Waals surface area contributed by atoms with Crippen LogP contribution in [-0.2, 0) is 6.42 Å². The maximum absolute atomic E-state index is 12.6. The molecule has 190 valence electrons. The molecule has 34 heavy (non-hydrogen) atoms. The van der Waals surface area contributed by atoms with E-state index in [0.717, 1.165) is 12.1 Å². The number of carbonyl (C=O) groups is 1. The van der Waals surface area contributed by atoms with Crippen molar-refractivity contribution in [3.8, 4) is 5.75 Å². The molecule has 2 N–H and O–H groups in total. The van der Waals surface area contributed by atoms with Crippen molar-refractivity contribution in [2.75, 3.05) is 19.0 Å². The molecule has 0 fully saturated rings. The van der Waals surface area contributed by atoms with Gasteiger partial charge in [0.1, 0.15) is 11.6 Å². The minimum atomic E-state index is -4.87. The lowest BCUT2D eigenvalue weighted by Gasteiger charge is -2.15. The summed E-state index contributed by atoms with van der Waals surface area (Å²) in [4.78, 5) is 22.5. The average Bonchev–Trinajstić information content (AvgIpc) is 3.12. The highest BCUT2D eigenvalue weighted by atomic mass is 79.9. The summed E-state index contributed by atoms with van der Waals surface area (Å²) in [5, 5.41) is 14.9. The molecule has 13 heteroatoms. The molecule has 1 aromatic heterocycles. The topological polar surface area (TPSA) is 108 Å². The summed E-state index contributed by atoms with van der Waals surface area (Å²) in [7, 11) is 3.49. The second-order valence-electron chi connectivity index (χ2n) is 6.65. The fourth-order valence-electron chi connectivity index (χ4n) is 2.52. The number of aromatic nitrogens is 3. The standard InChI is InChI=1S/C18H21BrF3N7O2.C2H6.CH4/c1-5-24-16(23)29-14(26-17(27-29)28(3)4)6-10(2)25-15(30)11-7-12(19)9-13(8-11)31-18(20,21)22;1-2;/h5,7-10,23H,6H2,1-4H3,(H,25,30);1-2H3;1H4/b23-16?,24-5-;;/t10-;;/m0../s1. The van der Waals surface area contributed by atoms with Gasteiger partial charge in [-0.05, 0) is 32.0 Å². The molecule has 0 saturated carbocycles. The SMILES string of the molecule is C.C/C=N\C(=N)n1nc(N(C)C)nc1C[C@H](C)NC(=O)c1cc(Br)cc(OC(F)(F)F)c1.CC. The van der Waals surface area contributed by atoms with Gasteiger partial charge in [0.25, 0.3) is 5.91 Å². The predicted octanol–water partition coefficient (Wildman–Crippen LogP) is 4.90. The van der Waals surface area contributed by atoms with Crippen LogP contribution in [0.2, 0.25) is 0 Å². The summed E-state index contributed by atoms with van der Waals surface area (Å²) in [5.74, 6) is -0.493. The number of halogens is 4. The van der Waals surface area contributed by atoms with E-state index in [9.17, 15) is 18.0 Å². The Morgan fingerprint density at radius 3 is 2.50 bits per heavy atom. The van der Waals surface area contributed by atoms with E-state index in [0.29, 0.717) is 11.8 Å². The molecular weight excluding hydrogens is 519 g/mol. The van der Waals surface area contributed by atoms with E-state index >= 15 is 0 Å². The zero-order valence-corrected chi connectivity index (χ0v) is 20.7. The molecule has 1 aromatic carbocycles. The van der Waals surface area contributed by atoms with Crippen LogP contribution in [0.3, 0.4) is 0 Å². The maximum atomic E-state index is 12.6. The van der Waals surface area contributed by atoms with Crippen molar-refractivity contribution in [3.05, 3.63) is 34.1 Å². The molecule has 0 aliphatic heterocycles. The third kappa shape index (κ3) is 9.49. The Bertz CT molecular complexity index is 991. The molecule has 2 rings (SSSR count). The van der Waals surface area contributed by atoms with Crippen LogP contribution in [-0.4, -0.2) is 59.3 Å². The van der Waals surface area contributed by atoms with E-state index in [2.05, 4.69) is 41.1 Å². The van der Waals surface area contributed by atoms with Crippen LogP contribution in [0, 0.1) is 5.41 Å². The Morgan fingerprint density at radius 1 is 1.35 bits per heavy atom. The van der Waals surface area contributed by atoms with Crippen molar-refractivity contribution >= 4 is 40.0 Å². The zero-order valence-electron chi connectivity index (χ0n) is 19.2. The molecule has 1 heterocycles. The lowest BCUT2D eigenvalue weighted by atomic mass is 10.1. The Hall–Kier alpha value is -2.96. The van der Waals surface area contributed by atoms with Crippen molar-refractivity contribution in [1.29, 1.82) is 5.41 Å². The number of hydrogen-bond donors (Lipinski definition) is 2. The quantitative estimate of drug-likeness (QED) is 0.393. The largest absolute Gasteiger partial charge is 0.573 e. The van der Waals surface area contributed by atoms with Gasteiger partial charge >= 0.3 is 6.36 Å². The summed E-state index contributed by atoms with van der Waals surface area (Å²) in [6.45, 7) is 7.36. The van der Waals surface area contributed by atoms with Gasteiger partial charge in [-0.3, -0.25) is 10.2 Å². The Morgan fingerprint density at radius 2 is 1.97 bits per heavy atom. The van der Waals surface area contributed by atoms with Crippen LogP contribution in [0.15, 0.2) is 27.7 Å². The van der Waals surface area contributed by atoms with E-state index in [4.69, 9.17) is 5.41 Å². The number of anilines is 1. The lowest BCUT2D eigenvalue weighted by molar-refractivity contribution is -0.274. The zero-order chi connectivity index (χ0) is 25.3. The minimum Gasteiger partial charge on any atom is -0.406 e. The maximum Gasteiger partial charge on any atom is 0.573 e. The predicted molar refractivity (Wildman–Crippen MR) is 131 cm³/mol. The molecule has 9 nitrogen and oxygen atoms in total. The third-order valence-corrected chi connectivity index (χ3v) is 4.21. The first-order chi connectivity index (χ1) is 15.4. The molecule has 1 atom stereocenters. The van der Waals surface area contributed by atoms with E-state index in [1.54, 1.807) is 32.8 Å².